The van der Waals surface area contributed by atoms with Gasteiger partial charge in [0.05, 0.1) is 0 Å². The molecule has 1 aromatic heterocycles. The molecule has 3 rings (SSSR count). The molecule has 1 aliphatic rings. The quantitative estimate of drug-likeness (QED) is 0.675. The standard InChI is InChI=1S/C14H12N2O3/c17-16-13-9-19-14-6-11(3-4-12(13)14)18-8-10-2-1-5-15-7-10/h1-7,17H,8-9H2. The lowest BCUT2D eigenvalue weighted by molar-refractivity contribution is 0.302. The van der Waals surface area contributed by atoms with E-state index in [4.69, 9.17) is 14.7 Å². The molecule has 0 atom stereocenters. The van der Waals surface area contributed by atoms with E-state index < -0.39 is 0 Å². The summed E-state index contributed by atoms with van der Waals surface area (Å²) in [4.78, 5) is 4.03. The van der Waals surface area contributed by atoms with Crippen LogP contribution in [0.4, 0.5) is 0 Å². The first-order valence-electron chi connectivity index (χ1n) is 5.86. The topological polar surface area (TPSA) is 63.9 Å². The fourth-order valence-electron chi connectivity index (χ4n) is 1.91. The predicted octanol–water partition coefficient (Wildman–Crippen LogP) is 2.23. The van der Waals surface area contributed by atoms with Crippen molar-refractivity contribution in [3.8, 4) is 11.5 Å². The molecule has 96 valence electrons. The molecule has 5 heteroatoms. The number of oxime groups is 1. The highest BCUT2D eigenvalue weighted by Gasteiger charge is 2.20. The first-order chi connectivity index (χ1) is 9.36. The van der Waals surface area contributed by atoms with Crippen LogP contribution in [0.15, 0.2) is 47.9 Å². The summed E-state index contributed by atoms with van der Waals surface area (Å²) < 4.78 is 11.1. The first kappa shape index (κ1) is 11.5. The molecule has 0 saturated heterocycles. The van der Waals surface area contributed by atoms with Crippen molar-refractivity contribution in [2.45, 2.75) is 6.61 Å². The second-order valence-corrected chi connectivity index (χ2v) is 4.14. The summed E-state index contributed by atoms with van der Waals surface area (Å²) in [5, 5.41) is 12.0. The van der Waals surface area contributed by atoms with Crippen molar-refractivity contribution < 1.29 is 14.7 Å². The summed E-state index contributed by atoms with van der Waals surface area (Å²) in [6.45, 7) is 0.742. The van der Waals surface area contributed by atoms with Crippen LogP contribution in [0, 0.1) is 0 Å². The molecule has 1 aromatic carbocycles. The molecule has 0 spiro atoms. The van der Waals surface area contributed by atoms with Crippen LogP contribution in [0.3, 0.4) is 0 Å². The van der Waals surface area contributed by atoms with E-state index >= 15 is 0 Å². The van der Waals surface area contributed by atoms with Gasteiger partial charge in [0, 0.05) is 29.6 Å². The second-order valence-electron chi connectivity index (χ2n) is 4.14. The number of hydrogen-bond donors (Lipinski definition) is 1. The number of rotatable bonds is 3. The molecule has 19 heavy (non-hydrogen) atoms. The minimum Gasteiger partial charge on any atom is -0.489 e. The zero-order valence-electron chi connectivity index (χ0n) is 10.1. The van der Waals surface area contributed by atoms with Crippen molar-refractivity contribution in [1.82, 2.24) is 4.98 Å². The summed E-state index contributed by atoms with van der Waals surface area (Å²) in [6.07, 6.45) is 3.49. The summed E-state index contributed by atoms with van der Waals surface area (Å²) >= 11 is 0. The van der Waals surface area contributed by atoms with Gasteiger partial charge < -0.3 is 14.7 Å². The number of hydrogen-bond acceptors (Lipinski definition) is 5. The Kier molecular flexibility index (Phi) is 3.02. The van der Waals surface area contributed by atoms with Crippen LogP contribution < -0.4 is 9.47 Å². The Morgan fingerprint density at radius 3 is 3.11 bits per heavy atom. The van der Waals surface area contributed by atoms with Gasteiger partial charge >= 0.3 is 0 Å². The maximum Gasteiger partial charge on any atom is 0.134 e. The lowest BCUT2D eigenvalue weighted by atomic mass is 10.1. The lowest BCUT2D eigenvalue weighted by Crippen LogP contribution is -2.01. The van der Waals surface area contributed by atoms with E-state index in [1.54, 1.807) is 18.5 Å². The Balaban J connectivity index is 1.74. The Hall–Kier alpha value is -2.56. The SMILES string of the molecule is ON=C1COc2cc(OCc3cccnc3)ccc21. The molecule has 0 radical (unpaired) electrons. The van der Waals surface area contributed by atoms with E-state index in [1.165, 1.54) is 0 Å². The first-order valence-corrected chi connectivity index (χ1v) is 5.86. The van der Waals surface area contributed by atoms with Gasteiger partial charge in [-0.3, -0.25) is 4.98 Å². The number of pyridine rings is 1. The van der Waals surface area contributed by atoms with Crippen molar-refractivity contribution in [3.63, 3.8) is 0 Å². The second kappa shape index (κ2) is 4.97. The van der Waals surface area contributed by atoms with E-state index in [0.29, 0.717) is 23.8 Å². The van der Waals surface area contributed by atoms with Crippen LogP contribution in [0.5, 0.6) is 11.5 Å². The van der Waals surface area contributed by atoms with E-state index in [2.05, 4.69) is 10.1 Å². The average molecular weight is 256 g/mol. The third kappa shape index (κ3) is 2.35. The zero-order valence-corrected chi connectivity index (χ0v) is 10.1. The molecular formula is C14H12N2O3. The van der Waals surface area contributed by atoms with Gasteiger partial charge in [0.15, 0.2) is 0 Å². The average Bonchev–Trinajstić information content (AvgIpc) is 2.88. The van der Waals surface area contributed by atoms with Gasteiger partial charge in [-0.05, 0) is 18.2 Å². The number of aromatic nitrogens is 1. The van der Waals surface area contributed by atoms with Crippen LogP contribution in [0.1, 0.15) is 11.1 Å². The monoisotopic (exact) mass is 256 g/mol. The number of fused-ring (bicyclic) bond motifs is 1. The van der Waals surface area contributed by atoms with Crippen molar-refractivity contribution >= 4 is 5.71 Å². The highest BCUT2D eigenvalue weighted by molar-refractivity contribution is 6.05. The van der Waals surface area contributed by atoms with E-state index in [-0.39, 0.29) is 6.61 Å². The third-order valence-electron chi connectivity index (χ3n) is 2.88. The molecule has 0 amide bonds. The minimum atomic E-state index is 0.290. The third-order valence-corrected chi connectivity index (χ3v) is 2.88. The van der Waals surface area contributed by atoms with Gasteiger partial charge in [-0.15, -0.1) is 0 Å². The van der Waals surface area contributed by atoms with Crippen LogP contribution in [0.25, 0.3) is 0 Å². The summed E-state index contributed by atoms with van der Waals surface area (Å²) in [6, 6.07) is 9.27. The minimum absolute atomic E-state index is 0.290. The Morgan fingerprint density at radius 2 is 2.32 bits per heavy atom. The molecule has 2 aromatic rings. The number of nitrogens with zero attached hydrogens (tertiary/aromatic N) is 2. The van der Waals surface area contributed by atoms with Crippen molar-refractivity contribution in [3.05, 3.63) is 53.9 Å². The Morgan fingerprint density at radius 1 is 1.37 bits per heavy atom. The highest BCUT2D eigenvalue weighted by Crippen LogP contribution is 2.30. The van der Waals surface area contributed by atoms with E-state index in [1.807, 2.05) is 24.3 Å². The molecule has 0 fully saturated rings. The zero-order chi connectivity index (χ0) is 13.1. The van der Waals surface area contributed by atoms with Crippen LogP contribution in [-0.2, 0) is 6.61 Å². The number of benzene rings is 1. The Bertz CT molecular complexity index is 611. The molecular weight excluding hydrogens is 244 g/mol. The van der Waals surface area contributed by atoms with Gasteiger partial charge in [0.1, 0.15) is 30.4 Å². The van der Waals surface area contributed by atoms with Gasteiger partial charge in [-0.2, -0.15) is 0 Å². The Labute approximate surface area is 110 Å². The number of ether oxygens (including phenoxy) is 2. The predicted molar refractivity (Wildman–Crippen MR) is 68.8 cm³/mol. The fourth-order valence-corrected chi connectivity index (χ4v) is 1.91. The smallest absolute Gasteiger partial charge is 0.134 e. The van der Waals surface area contributed by atoms with E-state index in [9.17, 15) is 0 Å². The molecule has 2 heterocycles. The van der Waals surface area contributed by atoms with E-state index in [0.717, 1.165) is 11.1 Å². The molecule has 0 aliphatic carbocycles. The summed E-state index contributed by atoms with van der Waals surface area (Å²) in [7, 11) is 0. The van der Waals surface area contributed by atoms with Gasteiger partial charge in [0.2, 0.25) is 0 Å². The van der Waals surface area contributed by atoms with Gasteiger partial charge in [-0.1, -0.05) is 11.2 Å². The molecule has 0 saturated carbocycles. The van der Waals surface area contributed by atoms with Crippen LogP contribution >= 0.6 is 0 Å². The molecule has 1 N–H and O–H groups in total. The normalized spacial score (nSPS) is 15.1. The molecule has 0 unspecified atom stereocenters. The lowest BCUT2D eigenvalue weighted by Gasteiger charge is -2.07. The van der Waals surface area contributed by atoms with Crippen LogP contribution in [0.2, 0.25) is 0 Å². The maximum absolute atomic E-state index is 8.80. The highest BCUT2D eigenvalue weighted by atomic mass is 16.5. The summed E-state index contributed by atoms with van der Waals surface area (Å²) in [5.74, 6) is 1.39. The molecule has 5 nitrogen and oxygen atoms in total. The molecule has 0 bridgehead atoms. The van der Waals surface area contributed by atoms with Crippen molar-refractivity contribution in [2.24, 2.45) is 5.16 Å². The largest absolute Gasteiger partial charge is 0.489 e. The van der Waals surface area contributed by atoms with Gasteiger partial charge in [0.25, 0.3) is 0 Å². The fraction of sp³-hybridized carbons (Fsp3) is 0.143. The van der Waals surface area contributed by atoms with Crippen LogP contribution in [-0.4, -0.2) is 22.5 Å². The summed E-state index contributed by atoms with van der Waals surface area (Å²) in [5.41, 5.74) is 2.34. The van der Waals surface area contributed by atoms with Crippen molar-refractivity contribution in [2.75, 3.05) is 6.61 Å². The molecule has 1 aliphatic heterocycles. The van der Waals surface area contributed by atoms with Gasteiger partial charge in [-0.25, -0.2) is 0 Å². The van der Waals surface area contributed by atoms with Crippen molar-refractivity contribution in [1.29, 1.82) is 0 Å². The maximum atomic E-state index is 8.80.